The number of aromatic nitrogens is 3. The molecule has 0 aliphatic carbocycles. The fourth-order valence-electron chi connectivity index (χ4n) is 3.21. The molecule has 7 nitrogen and oxygen atoms in total. The molecule has 0 bridgehead atoms. The highest BCUT2D eigenvalue weighted by atomic mass is 35.5. The molecule has 0 aliphatic rings. The fourth-order valence-corrected chi connectivity index (χ4v) is 3.40. The largest absolute Gasteiger partial charge is 0.324 e. The second-order valence-electron chi connectivity index (χ2n) is 6.79. The molecule has 4 rings (SSSR count). The van der Waals surface area contributed by atoms with Gasteiger partial charge in [-0.15, -0.1) is 0 Å². The van der Waals surface area contributed by atoms with E-state index >= 15 is 0 Å². The van der Waals surface area contributed by atoms with E-state index in [0.29, 0.717) is 16.5 Å². The summed E-state index contributed by atoms with van der Waals surface area (Å²) in [5.74, 6) is 0.741. The molecule has 0 aliphatic heterocycles. The Bertz CT molecular complexity index is 1320. The molecule has 0 saturated heterocycles. The predicted molar refractivity (Wildman–Crippen MR) is 117 cm³/mol. The lowest BCUT2D eigenvalue weighted by Gasteiger charge is -2.12. The number of halogens is 1. The standard InChI is InChI=1S/C22H17ClN6O/c1-13-5-3-8-18-14(2)9-19(27-20(13)18)29-21(15(11-24)12-25-29)28-22(30)26-17-7-4-6-16(23)10-17/h3-10,12H,1-2H3,(H2,26,28,30). The van der Waals surface area contributed by atoms with Crippen LogP contribution in [0, 0.1) is 25.2 Å². The van der Waals surface area contributed by atoms with Crippen LogP contribution in [-0.2, 0) is 0 Å². The van der Waals surface area contributed by atoms with Crippen LogP contribution < -0.4 is 10.6 Å². The molecule has 2 heterocycles. The Kier molecular flexibility index (Phi) is 5.09. The van der Waals surface area contributed by atoms with Gasteiger partial charge in [-0.2, -0.15) is 15.0 Å². The van der Waals surface area contributed by atoms with E-state index in [4.69, 9.17) is 16.6 Å². The summed E-state index contributed by atoms with van der Waals surface area (Å²) in [5.41, 5.74) is 3.64. The number of para-hydroxylation sites is 1. The van der Waals surface area contributed by atoms with E-state index < -0.39 is 6.03 Å². The van der Waals surface area contributed by atoms with Crippen LogP contribution in [0.4, 0.5) is 16.3 Å². The second kappa shape index (κ2) is 7.85. The molecule has 148 valence electrons. The number of carbonyl (C=O) groups is 1. The number of benzene rings is 2. The fraction of sp³-hybridized carbons (Fsp3) is 0.0909. The maximum atomic E-state index is 12.5. The van der Waals surface area contributed by atoms with Crippen molar-refractivity contribution < 1.29 is 4.79 Å². The number of nitriles is 1. The van der Waals surface area contributed by atoms with Crippen molar-refractivity contribution in [2.24, 2.45) is 0 Å². The lowest BCUT2D eigenvalue weighted by atomic mass is 10.1. The molecule has 0 fully saturated rings. The van der Waals surface area contributed by atoms with E-state index in [1.54, 1.807) is 24.3 Å². The van der Waals surface area contributed by atoms with Crippen LogP contribution in [0.2, 0.25) is 5.02 Å². The summed E-state index contributed by atoms with van der Waals surface area (Å²) in [7, 11) is 0. The Balaban J connectivity index is 1.72. The van der Waals surface area contributed by atoms with Gasteiger partial charge in [-0.3, -0.25) is 5.32 Å². The highest BCUT2D eigenvalue weighted by Gasteiger charge is 2.17. The van der Waals surface area contributed by atoms with Crippen molar-refractivity contribution >= 4 is 40.0 Å². The number of aryl methyl sites for hydroxylation is 2. The Hall–Kier alpha value is -3.89. The summed E-state index contributed by atoms with van der Waals surface area (Å²) in [6, 6.07) is 16.2. The second-order valence-corrected chi connectivity index (χ2v) is 7.22. The maximum Gasteiger partial charge on any atom is 0.324 e. The molecule has 0 spiro atoms. The zero-order chi connectivity index (χ0) is 21.3. The molecule has 0 radical (unpaired) electrons. The number of hydrogen-bond acceptors (Lipinski definition) is 4. The summed E-state index contributed by atoms with van der Waals surface area (Å²) in [6.07, 6.45) is 1.40. The summed E-state index contributed by atoms with van der Waals surface area (Å²) in [5, 5.41) is 20.7. The van der Waals surface area contributed by atoms with E-state index in [2.05, 4.69) is 21.8 Å². The predicted octanol–water partition coefficient (Wildman–Crippen LogP) is 5.21. The van der Waals surface area contributed by atoms with Gasteiger partial charge in [0.25, 0.3) is 0 Å². The van der Waals surface area contributed by atoms with E-state index in [9.17, 15) is 10.1 Å². The molecular weight excluding hydrogens is 400 g/mol. The van der Waals surface area contributed by atoms with Crippen LogP contribution in [0.5, 0.6) is 0 Å². The molecule has 4 aromatic rings. The van der Waals surface area contributed by atoms with Gasteiger partial charge in [0.1, 0.15) is 11.6 Å². The molecule has 2 N–H and O–H groups in total. The Morgan fingerprint density at radius 1 is 1.10 bits per heavy atom. The van der Waals surface area contributed by atoms with Gasteiger partial charge < -0.3 is 5.32 Å². The van der Waals surface area contributed by atoms with Crippen molar-refractivity contribution in [3.63, 3.8) is 0 Å². The van der Waals surface area contributed by atoms with Gasteiger partial charge in [0.05, 0.1) is 11.7 Å². The van der Waals surface area contributed by atoms with Crippen LogP contribution in [-0.4, -0.2) is 20.8 Å². The van der Waals surface area contributed by atoms with E-state index in [0.717, 1.165) is 22.0 Å². The lowest BCUT2D eigenvalue weighted by Crippen LogP contribution is -2.22. The smallest absolute Gasteiger partial charge is 0.308 e. The average Bonchev–Trinajstić information content (AvgIpc) is 3.11. The van der Waals surface area contributed by atoms with Crippen LogP contribution >= 0.6 is 11.6 Å². The number of amides is 2. The number of urea groups is 1. The number of hydrogen-bond donors (Lipinski definition) is 2. The highest BCUT2D eigenvalue weighted by molar-refractivity contribution is 6.30. The third kappa shape index (κ3) is 3.69. The van der Waals surface area contributed by atoms with Gasteiger partial charge in [0.2, 0.25) is 0 Å². The van der Waals surface area contributed by atoms with Gasteiger partial charge >= 0.3 is 6.03 Å². The Labute approximate surface area is 177 Å². The topological polar surface area (TPSA) is 95.6 Å². The van der Waals surface area contributed by atoms with Gasteiger partial charge in [-0.05, 0) is 49.2 Å². The number of carbonyl (C=O) groups excluding carboxylic acids is 1. The zero-order valence-corrected chi connectivity index (χ0v) is 17.0. The first-order valence-electron chi connectivity index (χ1n) is 9.15. The first-order chi connectivity index (χ1) is 14.5. The first-order valence-corrected chi connectivity index (χ1v) is 9.53. The van der Waals surface area contributed by atoms with Crippen molar-refractivity contribution in [2.45, 2.75) is 13.8 Å². The maximum absolute atomic E-state index is 12.5. The third-order valence-corrected chi connectivity index (χ3v) is 4.89. The molecule has 0 atom stereocenters. The number of pyridine rings is 1. The molecule has 2 aromatic carbocycles. The molecule has 0 saturated carbocycles. The summed E-state index contributed by atoms with van der Waals surface area (Å²) >= 11 is 5.96. The lowest BCUT2D eigenvalue weighted by molar-refractivity contribution is 0.262. The Morgan fingerprint density at radius 3 is 2.67 bits per heavy atom. The number of anilines is 2. The Morgan fingerprint density at radius 2 is 1.90 bits per heavy atom. The van der Waals surface area contributed by atoms with Crippen molar-refractivity contribution in [2.75, 3.05) is 10.6 Å². The number of nitrogens with zero attached hydrogens (tertiary/aromatic N) is 4. The molecule has 2 amide bonds. The van der Waals surface area contributed by atoms with Crippen LogP contribution in [0.3, 0.4) is 0 Å². The third-order valence-electron chi connectivity index (χ3n) is 4.66. The molecule has 0 unspecified atom stereocenters. The monoisotopic (exact) mass is 416 g/mol. The van der Waals surface area contributed by atoms with Gasteiger partial charge in [-0.1, -0.05) is 35.9 Å². The first kappa shape index (κ1) is 19.4. The minimum Gasteiger partial charge on any atom is -0.308 e. The molecular formula is C22H17ClN6O. The molecule has 2 aromatic heterocycles. The van der Waals surface area contributed by atoms with Crippen LogP contribution in [0.1, 0.15) is 16.7 Å². The van der Waals surface area contributed by atoms with Gasteiger partial charge in [0, 0.05) is 16.1 Å². The van der Waals surface area contributed by atoms with Crippen LogP contribution in [0.25, 0.3) is 16.7 Å². The highest BCUT2D eigenvalue weighted by Crippen LogP contribution is 2.25. The minimum absolute atomic E-state index is 0.223. The molecule has 8 heteroatoms. The summed E-state index contributed by atoms with van der Waals surface area (Å²) < 4.78 is 1.45. The van der Waals surface area contributed by atoms with Crippen molar-refractivity contribution in [3.8, 4) is 11.9 Å². The number of nitrogens with one attached hydrogen (secondary N) is 2. The van der Waals surface area contributed by atoms with Crippen LogP contribution in [0.15, 0.2) is 54.7 Å². The summed E-state index contributed by atoms with van der Waals surface area (Å²) in [4.78, 5) is 17.3. The van der Waals surface area contributed by atoms with Gasteiger partial charge in [-0.25, -0.2) is 9.78 Å². The minimum atomic E-state index is -0.524. The average molecular weight is 417 g/mol. The number of fused-ring (bicyclic) bond motifs is 1. The summed E-state index contributed by atoms with van der Waals surface area (Å²) in [6.45, 7) is 3.97. The zero-order valence-electron chi connectivity index (χ0n) is 16.3. The van der Waals surface area contributed by atoms with E-state index in [-0.39, 0.29) is 11.4 Å². The van der Waals surface area contributed by atoms with E-state index in [1.165, 1.54) is 10.9 Å². The van der Waals surface area contributed by atoms with Crippen molar-refractivity contribution in [1.82, 2.24) is 14.8 Å². The van der Waals surface area contributed by atoms with E-state index in [1.807, 2.05) is 38.1 Å². The normalized spacial score (nSPS) is 10.6. The number of rotatable bonds is 3. The van der Waals surface area contributed by atoms with Gasteiger partial charge in [0.15, 0.2) is 11.6 Å². The molecule has 30 heavy (non-hydrogen) atoms. The SMILES string of the molecule is Cc1cc(-n2ncc(C#N)c2NC(=O)Nc2cccc(Cl)c2)nc2c(C)cccc12. The van der Waals surface area contributed by atoms with Crippen molar-refractivity contribution in [1.29, 1.82) is 5.26 Å². The van der Waals surface area contributed by atoms with Crippen molar-refractivity contribution in [3.05, 3.63) is 76.4 Å². The quantitative estimate of drug-likeness (QED) is 0.479.